The quantitative estimate of drug-likeness (QED) is 0.899. The van der Waals surface area contributed by atoms with Crippen LogP contribution in [0.3, 0.4) is 0 Å². The van der Waals surface area contributed by atoms with Gasteiger partial charge in [0.25, 0.3) is 0 Å². The third-order valence-electron chi connectivity index (χ3n) is 3.44. The first-order chi connectivity index (χ1) is 8.83. The summed E-state index contributed by atoms with van der Waals surface area (Å²) in [4.78, 5) is 4.49. The molecule has 0 bridgehead atoms. The van der Waals surface area contributed by atoms with E-state index in [9.17, 15) is 0 Å². The lowest BCUT2D eigenvalue weighted by Crippen LogP contribution is -2.23. The van der Waals surface area contributed by atoms with Crippen LogP contribution in [-0.4, -0.2) is 22.7 Å². The van der Waals surface area contributed by atoms with Gasteiger partial charge in [0, 0.05) is 18.0 Å². The molecular weight excluding hydrogens is 226 g/mol. The molecule has 4 nitrogen and oxygen atoms in total. The summed E-state index contributed by atoms with van der Waals surface area (Å²) >= 11 is 0. The van der Waals surface area contributed by atoms with Crippen molar-refractivity contribution in [2.75, 3.05) is 6.54 Å². The van der Waals surface area contributed by atoms with E-state index in [0.717, 1.165) is 24.4 Å². The van der Waals surface area contributed by atoms with Crippen LogP contribution in [0.1, 0.15) is 24.3 Å². The maximum absolute atomic E-state index is 5.33. The van der Waals surface area contributed by atoms with Gasteiger partial charge in [0.2, 0.25) is 11.7 Å². The summed E-state index contributed by atoms with van der Waals surface area (Å²) in [6.07, 6.45) is 3.27. The van der Waals surface area contributed by atoms with Crippen LogP contribution in [0.25, 0.3) is 11.4 Å². The summed E-state index contributed by atoms with van der Waals surface area (Å²) in [6, 6.07) is 8.59. The van der Waals surface area contributed by atoms with Crippen molar-refractivity contribution in [3.05, 3.63) is 35.7 Å². The van der Waals surface area contributed by atoms with Crippen molar-refractivity contribution in [3.63, 3.8) is 0 Å². The molecule has 3 rings (SSSR count). The van der Waals surface area contributed by atoms with Gasteiger partial charge in [-0.1, -0.05) is 29.4 Å². The molecule has 1 atom stereocenters. The molecule has 94 valence electrons. The number of aryl methyl sites for hydroxylation is 1. The molecule has 1 aromatic heterocycles. The smallest absolute Gasteiger partial charge is 0.228 e. The molecule has 0 amide bonds. The van der Waals surface area contributed by atoms with E-state index in [1.807, 2.05) is 18.2 Å². The zero-order chi connectivity index (χ0) is 12.4. The van der Waals surface area contributed by atoms with E-state index in [-0.39, 0.29) is 0 Å². The number of hydrogen-bond donors (Lipinski definition) is 1. The molecule has 2 aromatic rings. The highest BCUT2D eigenvalue weighted by molar-refractivity contribution is 5.58. The van der Waals surface area contributed by atoms with Crippen molar-refractivity contribution in [2.45, 2.75) is 32.2 Å². The number of rotatable bonds is 3. The van der Waals surface area contributed by atoms with Crippen LogP contribution >= 0.6 is 0 Å². The van der Waals surface area contributed by atoms with E-state index >= 15 is 0 Å². The van der Waals surface area contributed by atoms with E-state index < -0.39 is 0 Å². The Balaban J connectivity index is 1.79. The predicted octanol–water partition coefficient (Wildman–Crippen LogP) is 2.34. The third-order valence-corrected chi connectivity index (χ3v) is 3.44. The fourth-order valence-electron chi connectivity index (χ4n) is 2.41. The van der Waals surface area contributed by atoms with Crippen LogP contribution in [-0.2, 0) is 6.42 Å². The van der Waals surface area contributed by atoms with Crippen LogP contribution in [0.2, 0.25) is 0 Å². The SMILES string of the molecule is Cc1ccccc1-c1noc(CC2CCCN2)n1. The highest BCUT2D eigenvalue weighted by Crippen LogP contribution is 2.20. The van der Waals surface area contributed by atoms with E-state index in [0.29, 0.717) is 11.9 Å². The number of aromatic nitrogens is 2. The number of nitrogens with zero attached hydrogens (tertiary/aromatic N) is 2. The van der Waals surface area contributed by atoms with Gasteiger partial charge in [-0.25, -0.2) is 0 Å². The molecule has 1 saturated heterocycles. The van der Waals surface area contributed by atoms with Crippen LogP contribution in [0.5, 0.6) is 0 Å². The Labute approximate surface area is 106 Å². The van der Waals surface area contributed by atoms with Crippen molar-refractivity contribution >= 4 is 0 Å². The minimum Gasteiger partial charge on any atom is -0.339 e. The summed E-state index contributed by atoms with van der Waals surface area (Å²) in [7, 11) is 0. The maximum atomic E-state index is 5.33. The molecule has 1 aliphatic rings. The van der Waals surface area contributed by atoms with Gasteiger partial charge in [-0.15, -0.1) is 0 Å². The Morgan fingerprint density at radius 3 is 3.06 bits per heavy atom. The maximum Gasteiger partial charge on any atom is 0.228 e. The summed E-state index contributed by atoms with van der Waals surface area (Å²) < 4.78 is 5.33. The third kappa shape index (κ3) is 2.29. The van der Waals surface area contributed by atoms with Crippen molar-refractivity contribution in [2.24, 2.45) is 0 Å². The molecular formula is C14H17N3O. The highest BCUT2D eigenvalue weighted by Gasteiger charge is 2.18. The zero-order valence-electron chi connectivity index (χ0n) is 10.5. The topological polar surface area (TPSA) is 51.0 Å². The number of benzene rings is 1. The van der Waals surface area contributed by atoms with Crippen LogP contribution in [0.15, 0.2) is 28.8 Å². The summed E-state index contributed by atoms with van der Waals surface area (Å²) in [6.45, 7) is 3.16. The van der Waals surface area contributed by atoms with Gasteiger partial charge < -0.3 is 9.84 Å². The normalized spacial score (nSPS) is 19.3. The summed E-state index contributed by atoms with van der Waals surface area (Å²) in [5, 5.41) is 7.51. The average molecular weight is 243 g/mol. The fraction of sp³-hybridized carbons (Fsp3) is 0.429. The lowest BCUT2D eigenvalue weighted by atomic mass is 10.1. The molecule has 0 aliphatic carbocycles. The van der Waals surface area contributed by atoms with Gasteiger partial charge in [-0.05, 0) is 31.9 Å². The molecule has 1 N–H and O–H groups in total. The second kappa shape index (κ2) is 4.90. The van der Waals surface area contributed by atoms with E-state index in [2.05, 4.69) is 28.4 Å². The largest absolute Gasteiger partial charge is 0.339 e. The lowest BCUT2D eigenvalue weighted by molar-refractivity contribution is 0.364. The van der Waals surface area contributed by atoms with Gasteiger partial charge in [-0.2, -0.15) is 4.98 Å². The monoisotopic (exact) mass is 243 g/mol. The minimum atomic E-state index is 0.496. The second-order valence-electron chi connectivity index (χ2n) is 4.82. The van der Waals surface area contributed by atoms with E-state index in [4.69, 9.17) is 4.52 Å². The predicted molar refractivity (Wildman–Crippen MR) is 69.2 cm³/mol. The van der Waals surface area contributed by atoms with Gasteiger partial charge in [0.15, 0.2) is 0 Å². The molecule has 2 heterocycles. The number of hydrogen-bond acceptors (Lipinski definition) is 4. The van der Waals surface area contributed by atoms with Crippen molar-refractivity contribution in [1.82, 2.24) is 15.5 Å². The van der Waals surface area contributed by atoms with Crippen LogP contribution < -0.4 is 5.32 Å². The minimum absolute atomic E-state index is 0.496. The Kier molecular flexibility index (Phi) is 3.11. The van der Waals surface area contributed by atoms with Crippen LogP contribution in [0.4, 0.5) is 0 Å². The fourth-order valence-corrected chi connectivity index (χ4v) is 2.41. The second-order valence-corrected chi connectivity index (χ2v) is 4.82. The van der Waals surface area contributed by atoms with Crippen molar-refractivity contribution in [3.8, 4) is 11.4 Å². The first-order valence-corrected chi connectivity index (χ1v) is 6.45. The summed E-state index contributed by atoms with van der Waals surface area (Å²) in [5.41, 5.74) is 2.22. The zero-order valence-corrected chi connectivity index (χ0v) is 10.5. The Morgan fingerprint density at radius 1 is 1.39 bits per heavy atom. The molecule has 0 spiro atoms. The molecule has 1 aliphatic heterocycles. The first-order valence-electron chi connectivity index (χ1n) is 6.45. The molecule has 18 heavy (non-hydrogen) atoms. The molecule has 4 heteroatoms. The highest BCUT2D eigenvalue weighted by atomic mass is 16.5. The van der Waals surface area contributed by atoms with E-state index in [1.54, 1.807) is 0 Å². The molecule has 1 unspecified atom stereocenters. The van der Waals surface area contributed by atoms with Crippen molar-refractivity contribution in [1.29, 1.82) is 0 Å². The van der Waals surface area contributed by atoms with Gasteiger partial charge in [0.05, 0.1) is 0 Å². The van der Waals surface area contributed by atoms with Gasteiger partial charge >= 0.3 is 0 Å². The van der Waals surface area contributed by atoms with Crippen molar-refractivity contribution < 1.29 is 4.52 Å². The first kappa shape index (κ1) is 11.4. The summed E-state index contributed by atoms with van der Waals surface area (Å²) in [5.74, 6) is 1.42. The van der Waals surface area contributed by atoms with Gasteiger partial charge in [-0.3, -0.25) is 0 Å². The Bertz CT molecular complexity index is 529. The molecule has 0 saturated carbocycles. The molecule has 0 radical (unpaired) electrons. The van der Waals surface area contributed by atoms with Crippen LogP contribution in [0, 0.1) is 6.92 Å². The average Bonchev–Trinajstić information content (AvgIpc) is 3.02. The molecule has 1 aromatic carbocycles. The molecule has 1 fully saturated rings. The standard InChI is InChI=1S/C14H17N3O/c1-10-5-2-3-7-12(10)14-16-13(18-17-14)9-11-6-4-8-15-11/h2-3,5,7,11,15H,4,6,8-9H2,1H3. The number of nitrogens with one attached hydrogen (secondary N) is 1. The lowest BCUT2D eigenvalue weighted by Gasteiger charge is -2.04. The van der Waals surface area contributed by atoms with E-state index in [1.165, 1.54) is 18.4 Å². The van der Waals surface area contributed by atoms with Gasteiger partial charge in [0.1, 0.15) is 0 Å². The Hall–Kier alpha value is -1.68. The Morgan fingerprint density at radius 2 is 2.28 bits per heavy atom.